The number of esters is 3. The average Bonchev–Trinajstić information content (AvgIpc) is 2.66. The Balaban J connectivity index is 3.68. The Hall–Kier alpha value is -3.10. The van der Waals surface area contributed by atoms with E-state index < -0.39 is 35.8 Å². The summed E-state index contributed by atoms with van der Waals surface area (Å²) in [7, 11) is 2.57. The monoisotopic (exact) mass is 395 g/mol. The van der Waals surface area contributed by atoms with Crippen molar-refractivity contribution in [1.29, 1.82) is 0 Å². The summed E-state index contributed by atoms with van der Waals surface area (Å²) < 4.78 is 20.1. The topological polar surface area (TPSA) is 117 Å². The second-order valence-electron chi connectivity index (χ2n) is 5.68. The number of nitrogens with one attached hydrogen (secondary N) is 1. The van der Waals surface area contributed by atoms with E-state index in [0.29, 0.717) is 0 Å². The Kier molecular flexibility index (Phi) is 8.43. The predicted octanol–water partition coefficient (Wildman–Crippen LogP) is 1.03. The number of amides is 1. The molecule has 0 saturated heterocycles. The lowest BCUT2D eigenvalue weighted by Gasteiger charge is -2.30. The zero-order valence-electron chi connectivity index (χ0n) is 16.6. The van der Waals surface area contributed by atoms with Crippen LogP contribution in [0, 0.1) is 0 Å². The molecule has 0 fully saturated rings. The van der Waals surface area contributed by atoms with Gasteiger partial charge in [0.05, 0.1) is 33.0 Å². The van der Waals surface area contributed by atoms with Crippen LogP contribution in [0.4, 0.5) is 0 Å². The molecule has 154 valence electrons. The smallest absolute Gasteiger partial charge is 0.344 e. The molecule has 9 heteroatoms. The molecule has 0 aliphatic rings. The van der Waals surface area contributed by atoms with Crippen molar-refractivity contribution in [3.8, 4) is 5.75 Å². The molecular weight excluding hydrogens is 370 g/mol. The van der Waals surface area contributed by atoms with Gasteiger partial charge in [-0.3, -0.25) is 4.79 Å². The van der Waals surface area contributed by atoms with E-state index in [1.807, 2.05) is 0 Å². The molecule has 0 bridgehead atoms. The van der Waals surface area contributed by atoms with Gasteiger partial charge in [0.25, 0.3) is 0 Å². The fourth-order valence-electron chi connectivity index (χ4n) is 2.69. The van der Waals surface area contributed by atoms with Crippen LogP contribution in [0.1, 0.15) is 36.7 Å². The fourth-order valence-corrected chi connectivity index (χ4v) is 2.69. The van der Waals surface area contributed by atoms with Crippen LogP contribution in [-0.2, 0) is 35.0 Å². The van der Waals surface area contributed by atoms with Crippen molar-refractivity contribution < 1.29 is 38.1 Å². The summed E-state index contributed by atoms with van der Waals surface area (Å²) in [6, 6.07) is 4.57. The minimum atomic E-state index is -2.20. The van der Waals surface area contributed by atoms with Gasteiger partial charge < -0.3 is 24.3 Å². The van der Waals surface area contributed by atoms with Gasteiger partial charge in [0.15, 0.2) is 0 Å². The number of benzene rings is 1. The molecule has 9 nitrogen and oxygen atoms in total. The summed E-state index contributed by atoms with van der Waals surface area (Å²) in [5, 5.41) is 2.35. The lowest BCUT2D eigenvalue weighted by molar-refractivity contribution is -0.168. The van der Waals surface area contributed by atoms with Crippen LogP contribution in [0.3, 0.4) is 0 Å². The third kappa shape index (κ3) is 4.99. The average molecular weight is 395 g/mol. The van der Waals surface area contributed by atoms with Gasteiger partial charge in [0, 0.05) is 18.9 Å². The van der Waals surface area contributed by atoms with Crippen LogP contribution >= 0.6 is 0 Å². The molecule has 1 N–H and O–H groups in total. The SMILES string of the molecule is CCOC(=O)C(Cc1c(OC)cccc1C(=O)OC)(NC(C)=O)C(=O)OCC. The van der Waals surface area contributed by atoms with Gasteiger partial charge in [-0.1, -0.05) is 6.07 Å². The first kappa shape index (κ1) is 22.9. The molecule has 1 aromatic rings. The zero-order valence-corrected chi connectivity index (χ0v) is 16.6. The van der Waals surface area contributed by atoms with Crippen molar-refractivity contribution in [2.45, 2.75) is 32.7 Å². The van der Waals surface area contributed by atoms with E-state index in [0.717, 1.165) is 6.92 Å². The first-order valence-corrected chi connectivity index (χ1v) is 8.64. The highest BCUT2D eigenvalue weighted by Gasteiger charge is 2.51. The number of carbonyl (C=O) groups excluding carboxylic acids is 4. The highest BCUT2D eigenvalue weighted by atomic mass is 16.6. The van der Waals surface area contributed by atoms with Crippen molar-refractivity contribution in [2.75, 3.05) is 27.4 Å². The predicted molar refractivity (Wildman–Crippen MR) is 97.9 cm³/mol. The van der Waals surface area contributed by atoms with Gasteiger partial charge in [-0.15, -0.1) is 0 Å². The molecule has 0 aliphatic heterocycles. The van der Waals surface area contributed by atoms with E-state index in [4.69, 9.17) is 18.9 Å². The van der Waals surface area contributed by atoms with Gasteiger partial charge in [-0.05, 0) is 26.0 Å². The van der Waals surface area contributed by atoms with E-state index in [9.17, 15) is 19.2 Å². The lowest BCUT2D eigenvalue weighted by atomic mass is 9.87. The van der Waals surface area contributed by atoms with E-state index in [1.54, 1.807) is 26.0 Å². The summed E-state index contributed by atoms with van der Waals surface area (Å²) in [6.45, 7) is 4.20. The summed E-state index contributed by atoms with van der Waals surface area (Å²) in [6.07, 6.45) is -0.432. The highest BCUT2D eigenvalue weighted by Crippen LogP contribution is 2.29. The minimum Gasteiger partial charge on any atom is -0.496 e. The van der Waals surface area contributed by atoms with Crippen molar-refractivity contribution in [3.63, 3.8) is 0 Å². The third-order valence-electron chi connectivity index (χ3n) is 3.84. The first-order valence-electron chi connectivity index (χ1n) is 8.64. The lowest BCUT2D eigenvalue weighted by Crippen LogP contribution is -2.62. The molecule has 0 unspecified atom stereocenters. The van der Waals surface area contributed by atoms with Gasteiger partial charge in [0.1, 0.15) is 5.75 Å². The summed E-state index contributed by atoms with van der Waals surface area (Å²) >= 11 is 0. The number of rotatable bonds is 9. The van der Waals surface area contributed by atoms with E-state index in [2.05, 4.69) is 5.32 Å². The summed E-state index contributed by atoms with van der Waals surface area (Å²) in [4.78, 5) is 49.6. The number of methoxy groups -OCH3 is 2. The van der Waals surface area contributed by atoms with Gasteiger partial charge in [-0.25, -0.2) is 14.4 Å². The molecule has 0 heterocycles. The maximum Gasteiger partial charge on any atom is 0.344 e. The van der Waals surface area contributed by atoms with E-state index in [1.165, 1.54) is 20.3 Å². The highest BCUT2D eigenvalue weighted by molar-refractivity contribution is 6.08. The maximum atomic E-state index is 12.8. The van der Waals surface area contributed by atoms with Crippen LogP contribution in [0.25, 0.3) is 0 Å². The zero-order chi connectivity index (χ0) is 21.3. The number of hydrogen-bond acceptors (Lipinski definition) is 8. The molecule has 1 aromatic carbocycles. The largest absolute Gasteiger partial charge is 0.496 e. The molecule has 1 amide bonds. The summed E-state index contributed by atoms with van der Waals surface area (Å²) in [5.41, 5.74) is -1.94. The van der Waals surface area contributed by atoms with Crippen LogP contribution in [0.15, 0.2) is 18.2 Å². The Morgan fingerprint density at radius 2 is 1.57 bits per heavy atom. The van der Waals surface area contributed by atoms with Crippen LogP contribution in [-0.4, -0.2) is 56.8 Å². The second kappa shape index (κ2) is 10.3. The van der Waals surface area contributed by atoms with Gasteiger partial charge in [0.2, 0.25) is 11.4 Å². The molecule has 0 aromatic heterocycles. The van der Waals surface area contributed by atoms with Crippen LogP contribution in [0.2, 0.25) is 0 Å². The molecule has 28 heavy (non-hydrogen) atoms. The maximum absolute atomic E-state index is 12.8. The minimum absolute atomic E-state index is 0.0324. The second-order valence-corrected chi connectivity index (χ2v) is 5.68. The first-order chi connectivity index (χ1) is 13.3. The Morgan fingerprint density at radius 1 is 1.00 bits per heavy atom. The van der Waals surface area contributed by atoms with Crippen molar-refractivity contribution in [1.82, 2.24) is 5.32 Å². The normalized spacial score (nSPS) is 10.6. The van der Waals surface area contributed by atoms with Crippen LogP contribution < -0.4 is 10.1 Å². The fraction of sp³-hybridized carbons (Fsp3) is 0.474. The number of carbonyl (C=O) groups is 4. The third-order valence-corrected chi connectivity index (χ3v) is 3.84. The van der Waals surface area contributed by atoms with Gasteiger partial charge in [-0.2, -0.15) is 0 Å². The molecule has 1 rings (SSSR count). The quantitative estimate of drug-likeness (QED) is 0.374. The van der Waals surface area contributed by atoms with Crippen LogP contribution in [0.5, 0.6) is 5.75 Å². The summed E-state index contributed by atoms with van der Waals surface area (Å²) in [5.74, 6) is -3.14. The van der Waals surface area contributed by atoms with E-state index in [-0.39, 0.29) is 30.1 Å². The molecular formula is C19H25NO8. The van der Waals surface area contributed by atoms with E-state index >= 15 is 0 Å². The number of hydrogen-bond donors (Lipinski definition) is 1. The molecule has 0 atom stereocenters. The molecule has 0 spiro atoms. The Morgan fingerprint density at radius 3 is 2.00 bits per heavy atom. The molecule has 0 radical (unpaired) electrons. The Bertz CT molecular complexity index is 725. The van der Waals surface area contributed by atoms with Crippen molar-refractivity contribution in [3.05, 3.63) is 29.3 Å². The van der Waals surface area contributed by atoms with Crippen molar-refractivity contribution >= 4 is 23.8 Å². The van der Waals surface area contributed by atoms with Gasteiger partial charge >= 0.3 is 17.9 Å². The number of ether oxygens (including phenoxy) is 4. The Labute approximate surface area is 163 Å². The molecule has 0 aliphatic carbocycles. The van der Waals surface area contributed by atoms with Crippen molar-refractivity contribution in [2.24, 2.45) is 0 Å². The molecule has 0 saturated carbocycles. The standard InChI is InChI=1S/C19H25NO8/c1-6-27-17(23)19(20-12(3)21,18(24)28-7-2)11-14-13(16(22)26-5)9-8-10-15(14)25-4/h8-10H,6-7,11H2,1-5H3,(H,20,21).